The molecule has 0 aromatic heterocycles. The molecule has 5 aliphatic carbocycles. The van der Waals surface area contributed by atoms with Gasteiger partial charge >= 0.3 is 12.2 Å². The van der Waals surface area contributed by atoms with Gasteiger partial charge in [0.15, 0.2) is 0 Å². The number of hydrogen-bond donors (Lipinski definition) is 6. The van der Waals surface area contributed by atoms with Crippen LogP contribution in [0.5, 0.6) is 0 Å². The monoisotopic (exact) mass is 825 g/mol. The van der Waals surface area contributed by atoms with Gasteiger partial charge in [-0.25, -0.2) is 9.59 Å². The summed E-state index contributed by atoms with van der Waals surface area (Å²) >= 11 is 0. The molecule has 12 heteroatoms. The molecule has 7 rings (SSSR count). The maximum Gasteiger partial charge on any atom is 0.407 e. The van der Waals surface area contributed by atoms with Crippen LogP contribution in [0.2, 0.25) is 0 Å². The third kappa shape index (κ3) is 8.37. The Hall–Kier alpha value is -1.30. The van der Waals surface area contributed by atoms with Gasteiger partial charge in [-0.1, -0.05) is 46.8 Å². The number of amides is 2. The maximum absolute atomic E-state index is 13.1. The van der Waals surface area contributed by atoms with Crippen molar-refractivity contribution in [2.45, 2.75) is 112 Å². The van der Waals surface area contributed by atoms with Crippen molar-refractivity contribution >= 4 is 12.2 Å². The van der Waals surface area contributed by atoms with Crippen LogP contribution >= 0.6 is 0 Å². The van der Waals surface area contributed by atoms with Gasteiger partial charge in [0.2, 0.25) is 0 Å². The summed E-state index contributed by atoms with van der Waals surface area (Å²) in [6.45, 7) is 32.2. The van der Waals surface area contributed by atoms with E-state index in [9.17, 15) is 9.59 Å². The number of alkyl carbamates (subject to hydrolysis) is 2. The van der Waals surface area contributed by atoms with Gasteiger partial charge in [-0.15, -0.1) is 0 Å². The van der Waals surface area contributed by atoms with E-state index in [4.69, 9.17) is 9.47 Å². The number of nitrogens with one attached hydrogen (secondary N) is 6. The lowest BCUT2D eigenvalue weighted by molar-refractivity contribution is -0.900. The second-order valence-electron chi connectivity index (χ2n) is 20.7. The largest absolute Gasteiger partial charge is 1.00 e. The number of quaternary nitrogens is 2. The predicted molar refractivity (Wildman–Crippen MR) is 213 cm³/mol. The number of carbonyl (C=O) groups excluding carboxylic acids is 2. The first kappa shape index (κ1) is 45.8. The number of carbonyl (C=O) groups is 2. The molecule has 0 aromatic carbocycles. The van der Waals surface area contributed by atoms with Gasteiger partial charge in [-0.05, 0) is 117 Å². The van der Waals surface area contributed by atoms with Crippen molar-refractivity contribution < 1.29 is 53.7 Å². The fourth-order valence-electron chi connectivity index (χ4n) is 14.9. The SMILES string of the molecule is C=C(C)[C@@H]1CC[C@]2(COC(=O)NCC[NH+]3CCNCC3)CC[C@]3(C)C(CCC4[C@@]5(C)CC[C@H](OC(=O)NCC[NH+]6CCNCC6)C(C)(C)C5CC[C@]43C)C12.[Cl-].[Cl-]. The van der Waals surface area contributed by atoms with Crippen molar-refractivity contribution in [2.75, 3.05) is 85.1 Å². The standard InChI is InChI=1S/C44H76N6O4.2ClH/c1-31(2)32-10-15-44(30-53-38(51)47-22-28-49-24-18-45-19-25-49)17-16-42(6)33(37(32)44)8-9-35-41(5)13-12-36(40(3,4)34(41)11-14-43(35,42)7)54-39(52)48-23-29-50-26-20-46-21-27-50;;/h32-37,45-46H,1,8-30H2,2-7H3,(H,47,51)(H,48,52);2*1H/t32-,33?,34?,35?,36-,37?,41-,42+,43+,44+;;/m0../s1. The van der Waals surface area contributed by atoms with Crippen LogP contribution in [-0.4, -0.2) is 103 Å². The summed E-state index contributed by atoms with van der Waals surface area (Å²) in [4.78, 5) is 29.4. The molecule has 56 heavy (non-hydrogen) atoms. The van der Waals surface area contributed by atoms with Crippen molar-refractivity contribution in [3.8, 4) is 0 Å². The summed E-state index contributed by atoms with van der Waals surface area (Å²) in [6.07, 6.45) is 11.2. The number of fused-ring (bicyclic) bond motifs is 7. The zero-order valence-corrected chi connectivity index (χ0v) is 37.3. The van der Waals surface area contributed by atoms with Crippen LogP contribution in [0, 0.1) is 56.7 Å². The molecule has 6 N–H and O–H groups in total. The summed E-state index contributed by atoms with van der Waals surface area (Å²) in [6, 6.07) is 0. The number of rotatable bonds is 10. The number of ether oxygens (including phenoxy) is 2. The molecule has 10 atom stereocenters. The highest BCUT2D eigenvalue weighted by molar-refractivity contribution is 5.67. The van der Waals surface area contributed by atoms with Gasteiger partial charge in [0.25, 0.3) is 0 Å². The van der Waals surface area contributed by atoms with Crippen molar-refractivity contribution in [2.24, 2.45) is 56.7 Å². The van der Waals surface area contributed by atoms with Crippen LogP contribution in [0.1, 0.15) is 106 Å². The van der Waals surface area contributed by atoms with Gasteiger partial charge in [0.05, 0.1) is 59.0 Å². The fourth-order valence-corrected chi connectivity index (χ4v) is 14.9. The Kier molecular flexibility index (Phi) is 14.8. The van der Waals surface area contributed by atoms with Crippen LogP contribution in [0.4, 0.5) is 9.59 Å². The average Bonchev–Trinajstić information content (AvgIpc) is 3.53. The van der Waals surface area contributed by atoms with Crippen LogP contribution < -0.4 is 55.9 Å². The molecule has 7 aliphatic rings. The molecule has 0 aromatic rings. The molecule has 10 nitrogen and oxygen atoms in total. The quantitative estimate of drug-likeness (QED) is 0.136. The van der Waals surface area contributed by atoms with E-state index in [1.807, 2.05) is 0 Å². The van der Waals surface area contributed by atoms with Gasteiger partial charge in [0.1, 0.15) is 6.10 Å². The van der Waals surface area contributed by atoms with E-state index < -0.39 is 0 Å². The normalized spacial score (nSPS) is 40.5. The Morgan fingerprint density at radius 3 is 1.93 bits per heavy atom. The molecule has 2 heterocycles. The van der Waals surface area contributed by atoms with Crippen molar-refractivity contribution in [3.05, 3.63) is 12.2 Å². The Bertz CT molecular complexity index is 1380. The summed E-state index contributed by atoms with van der Waals surface area (Å²) in [7, 11) is 0. The van der Waals surface area contributed by atoms with E-state index in [-0.39, 0.29) is 70.2 Å². The van der Waals surface area contributed by atoms with Crippen molar-refractivity contribution in [1.82, 2.24) is 21.3 Å². The number of allylic oxidation sites excluding steroid dienone is 1. The molecular formula is C44H78Cl2N6O4. The Labute approximate surface area is 351 Å². The highest BCUT2D eigenvalue weighted by Crippen LogP contribution is 2.77. The number of hydrogen-bond acceptors (Lipinski definition) is 6. The lowest BCUT2D eigenvalue weighted by atomic mass is 9.32. The topological polar surface area (TPSA) is 110 Å². The van der Waals surface area contributed by atoms with Crippen LogP contribution in [0.25, 0.3) is 0 Å². The maximum atomic E-state index is 13.1. The smallest absolute Gasteiger partial charge is 0.407 e. The van der Waals surface area contributed by atoms with Crippen LogP contribution in [0.15, 0.2) is 12.2 Å². The van der Waals surface area contributed by atoms with E-state index in [1.165, 1.54) is 44.1 Å². The molecule has 0 spiro atoms. The Morgan fingerprint density at radius 2 is 1.32 bits per heavy atom. The van der Waals surface area contributed by atoms with Crippen molar-refractivity contribution in [3.63, 3.8) is 0 Å². The first-order chi connectivity index (χ1) is 25.7. The molecule has 5 saturated carbocycles. The fraction of sp³-hybridized carbons (Fsp3) is 0.909. The molecule has 7 fully saturated rings. The molecular weight excluding hydrogens is 747 g/mol. The highest BCUT2D eigenvalue weighted by Gasteiger charge is 2.71. The summed E-state index contributed by atoms with van der Waals surface area (Å²) in [5, 5.41) is 13.1. The number of halogens is 2. The van der Waals surface area contributed by atoms with Crippen LogP contribution in [-0.2, 0) is 9.47 Å². The molecule has 0 bridgehead atoms. The summed E-state index contributed by atoms with van der Waals surface area (Å²) < 4.78 is 12.5. The predicted octanol–water partition coefficient (Wildman–Crippen LogP) is -2.55. The first-order valence-corrected chi connectivity index (χ1v) is 22.3. The van der Waals surface area contributed by atoms with Gasteiger partial charge < -0.3 is 65.4 Å². The van der Waals surface area contributed by atoms with Gasteiger partial charge in [-0.3, -0.25) is 0 Å². The molecule has 2 aliphatic heterocycles. The average molecular weight is 826 g/mol. The lowest BCUT2D eigenvalue weighted by Gasteiger charge is -2.73. The third-order valence-corrected chi connectivity index (χ3v) is 18.0. The van der Waals surface area contributed by atoms with Gasteiger partial charge in [-0.2, -0.15) is 0 Å². The van der Waals surface area contributed by atoms with Crippen molar-refractivity contribution in [1.29, 1.82) is 0 Å². The Morgan fingerprint density at radius 1 is 0.714 bits per heavy atom. The highest BCUT2D eigenvalue weighted by atomic mass is 35.5. The molecule has 2 amide bonds. The molecule has 4 unspecified atom stereocenters. The minimum absolute atomic E-state index is 0. The Balaban J connectivity index is 0.00000300. The third-order valence-electron chi connectivity index (χ3n) is 18.0. The summed E-state index contributed by atoms with van der Waals surface area (Å²) in [5.74, 6) is 2.80. The van der Waals surface area contributed by atoms with E-state index in [0.29, 0.717) is 49.3 Å². The molecule has 0 radical (unpaired) electrons. The van der Waals surface area contributed by atoms with Gasteiger partial charge in [0, 0.05) is 37.0 Å². The van der Waals surface area contributed by atoms with E-state index in [2.05, 4.69) is 69.4 Å². The zero-order valence-electron chi connectivity index (χ0n) is 35.8. The minimum atomic E-state index is -0.234. The summed E-state index contributed by atoms with van der Waals surface area (Å²) in [5.41, 5.74) is 1.99. The number of piperazine rings is 2. The van der Waals surface area contributed by atoms with Crippen LogP contribution in [0.3, 0.4) is 0 Å². The van der Waals surface area contributed by atoms with E-state index in [0.717, 1.165) is 91.1 Å². The van der Waals surface area contributed by atoms with E-state index >= 15 is 0 Å². The first-order valence-electron chi connectivity index (χ1n) is 22.3. The van der Waals surface area contributed by atoms with E-state index in [1.54, 1.807) is 9.80 Å². The second kappa shape index (κ2) is 18.1. The minimum Gasteiger partial charge on any atom is -1.00 e. The lowest BCUT2D eigenvalue weighted by Crippen LogP contribution is -3.15. The zero-order chi connectivity index (χ0) is 38.4. The second-order valence-corrected chi connectivity index (χ2v) is 20.7. The molecule has 322 valence electrons. The molecule has 2 saturated heterocycles.